The average Bonchev–Trinajstić information content (AvgIpc) is 2.65. The molecule has 3 nitrogen and oxygen atoms in total. The van der Waals surface area contributed by atoms with Gasteiger partial charge >= 0.3 is 0 Å². The molecule has 0 aromatic heterocycles. The van der Waals surface area contributed by atoms with E-state index in [1.807, 2.05) is 18.2 Å². The largest absolute Gasteiger partial charge is 0.391 e. The lowest BCUT2D eigenvalue weighted by atomic mass is 10.1. The maximum atomic E-state index is 11.9. The van der Waals surface area contributed by atoms with Crippen LogP contribution in [0.4, 0.5) is 0 Å². The summed E-state index contributed by atoms with van der Waals surface area (Å²) in [5, 5.41) is 13.0. The summed E-state index contributed by atoms with van der Waals surface area (Å²) < 4.78 is 0. The van der Waals surface area contributed by atoms with Crippen LogP contribution in [-0.4, -0.2) is 28.9 Å². The van der Waals surface area contributed by atoms with Crippen molar-refractivity contribution in [3.63, 3.8) is 0 Å². The molecule has 1 aliphatic carbocycles. The first-order chi connectivity index (χ1) is 9.75. The van der Waals surface area contributed by atoms with E-state index >= 15 is 0 Å². The zero-order valence-electron chi connectivity index (χ0n) is 11.8. The van der Waals surface area contributed by atoms with Gasteiger partial charge in [-0.2, -0.15) is 0 Å². The van der Waals surface area contributed by atoms with Gasteiger partial charge < -0.3 is 10.4 Å². The quantitative estimate of drug-likeness (QED) is 0.821. The van der Waals surface area contributed by atoms with Crippen molar-refractivity contribution < 1.29 is 9.90 Å². The number of benzene rings is 1. The van der Waals surface area contributed by atoms with Gasteiger partial charge in [-0.05, 0) is 18.4 Å². The van der Waals surface area contributed by atoms with Gasteiger partial charge in [-0.1, -0.05) is 49.6 Å². The molecule has 2 N–H and O–H groups in total. The molecule has 1 aliphatic rings. The van der Waals surface area contributed by atoms with Crippen molar-refractivity contribution in [2.75, 3.05) is 5.75 Å². The molecular formula is C16H23NO2S. The van der Waals surface area contributed by atoms with Crippen LogP contribution in [0.1, 0.15) is 37.7 Å². The molecule has 1 aromatic rings. The standard InChI is InChI=1S/C16H23NO2S/c18-15-10-6-2-5-9-14(15)17-16(19)12-20-11-13-7-3-1-4-8-13/h1,3-4,7-8,14-15,18H,2,5-6,9-12H2,(H,17,19). The van der Waals surface area contributed by atoms with Crippen molar-refractivity contribution >= 4 is 17.7 Å². The summed E-state index contributed by atoms with van der Waals surface area (Å²) in [6.45, 7) is 0. The van der Waals surface area contributed by atoms with Crippen LogP contribution in [0.3, 0.4) is 0 Å². The normalized spacial score (nSPS) is 23.1. The predicted molar refractivity (Wildman–Crippen MR) is 83.6 cm³/mol. The van der Waals surface area contributed by atoms with Crippen molar-refractivity contribution in [2.45, 2.75) is 50.0 Å². The van der Waals surface area contributed by atoms with Gasteiger partial charge in [-0.3, -0.25) is 4.79 Å². The first-order valence-electron chi connectivity index (χ1n) is 7.35. The van der Waals surface area contributed by atoms with Crippen molar-refractivity contribution in [1.29, 1.82) is 0 Å². The van der Waals surface area contributed by atoms with E-state index in [2.05, 4.69) is 17.4 Å². The second-order valence-corrected chi connectivity index (χ2v) is 6.34. The molecule has 2 atom stereocenters. The molecule has 2 rings (SSSR count). The SMILES string of the molecule is O=C(CSCc1ccccc1)NC1CCCCCC1O. The maximum Gasteiger partial charge on any atom is 0.230 e. The highest BCUT2D eigenvalue weighted by Crippen LogP contribution is 2.18. The highest BCUT2D eigenvalue weighted by atomic mass is 32.2. The minimum atomic E-state index is -0.374. The first kappa shape index (κ1) is 15.4. The minimum Gasteiger partial charge on any atom is -0.391 e. The van der Waals surface area contributed by atoms with Gasteiger partial charge in [0, 0.05) is 5.75 Å². The molecule has 0 heterocycles. The molecule has 0 spiro atoms. The second kappa shape index (κ2) is 8.32. The van der Waals surface area contributed by atoms with E-state index < -0.39 is 0 Å². The molecule has 1 saturated carbocycles. The van der Waals surface area contributed by atoms with Gasteiger partial charge in [0.25, 0.3) is 0 Å². The zero-order valence-corrected chi connectivity index (χ0v) is 12.6. The van der Waals surface area contributed by atoms with Crippen LogP contribution in [-0.2, 0) is 10.5 Å². The van der Waals surface area contributed by atoms with Crippen molar-refractivity contribution in [3.05, 3.63) is 35.9 Å². The lowest BCUT2D eigenvalue weighted by Crippen LogP contribution is -2.43. The number of amides is 1. The van der Waals surface area contributed by atoms with Crippen LogP contribution in [0.5, 0.6) is 0 Å². The average molecular weight is 293 g/mol. The number of carbonyl (C=O) groups excluding carboxylic acids is 1. The van der Waals surface area contributed by atoms with Crippen LogP contribution in [0.15, 0.2) is 30.3 Å². The third-order valence-corrected chi connectivity index (χ3v) is 4.67. The minimum absolute atomic E-state index is 0.0388. The smallest absolute Gasteiger partial charge is 0.230 e. The highest BCUT2D eigenvalue weighted by Gasteiger charge is 2.22. The van der Waals surface area contributed by atoms with E-state index in [9.17, 15) is 9.90 Å². The number of hydrogen-bond donors (Lipinski definition) is 2. The van der Waals surface area contributed by atoms with Crippen LogP contribution < -0.4 is 5.32 Å². The van der Waals surface area contributed by atoms with E-state index in [1.165, 1.54) is 5.56 Å². The van der Waals surface area contributed by atoms with Crippen molar-refractivity contribution in [3.8, 4) is 0 Å². The second-order valence-electron chi connectivity index (χ2n) is 5.36. The van der Waals surface area contributed by atoms with Gasteiger partial charge in [0.1, 0.15) is 0 Å². The fraction of sp³-hybridized carbons (Fsp3) is 0.562. The van der Waals surface area contributed by atoms with Crippen molar-refractivity contribution in [1.82, 2.24) is 5.32 Å². The number of aliphatic hydroxyl groups excluding tert-OH is 1. The molecule has 1 aromatic carbocycles. The molecule has 1 fully saturated rings. The summed E-state index contributed by atoms with van der Waals surface area (Å²) in [6.07, 6.45) is 4.65. The van der Waals surface area contributed by atoms with E-state index in [0.717, 1.165) is 37.9 Å². The van der Waals surface area contributed by atoms with Crippen molar-refractivity contribution in [2.24, 2.45) is 0 Å². The number of hydrogen-bond acceptors (Lipinski definition) is 3. The summed E-state index contributed by atoms with van der Waals surface area (Å²) in [7, 11) is 0. The Morgan fingerprint density at radius 1 is 1.20 bits per heavy atom. The molecule has 0 saturated heterocycles. The summed E-state index contributed by atoms with van der Waals surface area (Å²) >= 11 is 1.62. The summed E-state index contributed by atoms with van der Waals surface area (Å²) in [5.74, 6) is 1.34. The topological polar surface area (TPSA) is 49.3 Å². The summed E-state index contributed by atoms with van der Waals surface area (Å²) in [5.41, 5.74) is 1.24. The molecule has 20 heavy (non-hydrogen) atoms. The van der Waals surface area contributed by atoms with Gasteiger partial charge in [-0.15, -0.1) is 11.8 Å². The van der Waals surface area contributed by atoms with Gasteiger partial charge in [-0.25, -0.2) is 0 Å². The Labute approximate surface area is 125 Å². The number of nitrogens with one attached hydrogen (secondary N) is 1. The fourth-order valence-corrected chi connectivity index (χ4v) is 3.34. The lowest BCUT2D eigenvalue weighted by molar-refractivity contribution is -0.120. The summed E-state index contributed by atoms with van der Waals surface area (Å²) in [6, 6.07) is 10.1. The Bertz CT molecular complexity index is 410. The monoisotopic (exact) mass is 293 g/mol. The molecule has 4 heteroatoms. The first-order valence-corrected chi connectivity index (χ1v) is 8.50. The third kappa shape index (κ3) is 5.17. The Hall–Kier alpha value is -1.00. The van der Waals surface area contributed by atoms with Crippen LogP contribution in [0.2, 0.25) is 0 Å². The van der Waals surface area contributed by atoms with E-state index in [-0.39, 0.29) is 18.1 Å². The van der Waals surface area contributed by atoms with Gasteiger partial charge in [0.2, 0.25) is 5.91 Å². The molecule has 110 valence electrons. The Morgan fingerprint density at radius 2 is 1.95 bits per heavy atom. The molecule has 0 bridgehead atoms. The maximum absolute atomic E-state index is 11.9. The van der Waals surface area contributed by atoms with E-state index in [1.54, 1.807) is 11.8 Å². The Balaban J connectivity index is 1.69. The Kier molecular flexibility index (Phi) is 6.40. The van der Waals surface area contributed by atoms with E-state index in [4.69, 9.17) is 0 Å². The molecular weight excluding hydrogens is 270 g/mol. The number of thioether (sulfide) groups is 1. The van der Waals surface area contributed by atoms with Gasteiger partial charge in [0.15, 0.2) is 0 Å². The Morgan fingerprint density at radius 3 is 2.75 bits per heavy atom. The lowest BCUT2D eigenvalue weighted by Gasteiger charge is -2.21. The highest BCUT2D eigenvalue weighted by molar-refractivity contribution is 7.99. The van der Waals surface area contributed by atoms with Gasteiger partial charge in [0.05, 0.1) is 17.9 Å². The fourth-order valence-electron chi connectivity index (χ4n) is 2.54. The number of carbonyl (C=O) groups is 1. The van der Waals surface area contributed by atoms with Crippen LogP contribution in [0.25, 0.3) is 0 Å². The predicted octanol–water partition coefficient (Wildman–Crippen LogP) is 2.73. The number of rotatable bonds is 5. The molecule has 0 radical (unpaired) electrons. The van der Waals surface area contributed by atoms with E-state index in [0.29, 0.717) is 5.75 Å². The third-order valence-electron chi connectivity index (χ3n) is 3.67. The molecule has 2 unspecified atom stereocenters. The molecule has 0 aliphatic heterocycles. The molecule has 1 amide bonds. The zero-order chi connectivity index (χ0) is 14.2. The number of aliphatic hydroxyl groups is 1. The summed E-state index contributed by atoms with van der Waals surface area (Å²) in [4.78, 5) is 11.9. The van der Waals surface area contributed by atoms with Crippen LogP contribution in [0, 0.1) is 0 Å². The van der Waals surface area contributed by atoms with Crippen LogP contribution >= 0.6 is 11.8 Å².